The molecule has 1 aromatic heterocycles. The van der Waals surface area contributed by atoms with Gasteiger partial charge in [0, 0.05) is 33.4 Å². The lowest BCUT2D eigenvalue weighted by molar-refractivity contribution is -0.125. The van der Waals surface area contributed by atoms with Gasteiger partial charge in [-0.15, -0.1) is 0 Å². The van der Waals surface area contributed by atoms with Gasteiger partial charge in [-0.25, -0.2) is 0 Å². The van der Waals surface area contributed by atoms with E-state index >= 15 is 0 Å². The average molecular weight is 250 g/mol. The average Bonchev–Trinajstić information content (AvgIpc) is 2.83. The summed E-state index contributed by atoms with van der Waals surface area (Å²) in [6, 6.07) is 1.70. The molecule has 98 valence electrons. The normalized spacial score (nSPS) is 19.7. The van der Waals surface area contributed by atoms with Crippen LogP contribution in [0.1, 0.15) is 23.3 Å². The van der Waals surface area contributed by atoms with Crippen LogP contribution in [0.5, 0.6) is 0 Å². The van der Waals surface area contributed by atoms with Crippen molar-refractivity contribution in [2.75, 3.05) is 20.1 Å². The zero-order chi connectivity index (χ0) is 13.1. The minimum atomic E-state index is -0.101. The van der Waals surface area contributed by atoms with Crippen LogP contribution >= 0.6 is 0 Å². The van der Waals surface area contributed by atoms with Crippen LogP contribution in [0.4, 0.5) is 0 Å². The maximum atomic E-state index is 12.2. The summed E-state index contributed by atoms with van der Waals surface area (Å²) in [5.74, 6) is -0.186. The van der Waals surface area contributed by atoms with E-state index in [1.165, 1.54) is 0 Å². The van der Waals surface area contributed by atoms with Crippen LogP contribution in [0.15, 0.2) is 12.3 Å². The molecule has 1 atom stereocenters. The number of piperidine rings is 1. The fourth-order valence-electron chi connectivity index (χ4n) is 2.27. The second kappa shape index (κ2) is 5.20. The lowest BCUT2D eigenvalue weighted by Crippen LogP contribution is -2.44. The van der Waals surface area contributed by atoms with Crippen molar-refractivity contribution >= 4 is 11.8 Å². The Morgan fingerprint density at radius 1 is 1.50 bits per heavy atom. The molecule has 0 saturated carbocycles. The van der Waals surface area contributed by atoms with Crippen molar-refractivity contribution in [3.63, 3.8) is 0 Å². The van der Waals surface area contributed by atoms with Crippen molar-refractivity contribution < 1.29 is 9.59 Å². The van der Waals surface area contributed by atoms with Gasteiger partial charge < -0.3 is 10.2 Å². The highest BCUT2D eigenvalue weighted by molar-refractivity contribution is 5.92. The SMILES string of the molecule is CNC(=O)[C@@H]1CCCN(C(=O)c2ccn(C)n2)C1. The molecule has 1 aliphatic rings. The molecule has 2 heterocycles. The summed E-state index contributed by atoms with van der Waals surface area (Å²) in [7, 11) is 3.40. The van der Waals surface area contributed by atoms with Crippen LogP contribution in [-0.4, -0.2) is 46.6 Å². The van der Waals surface area contributed by atoms with Crippen LogP contribution < -0.4 is 5.32 Å². The Kier molecular flexibility index (Phi) is 3.64. The molecule has 6 nitrogen and oxygen atoms in total. The Bertz CT molecular complexity index is 455. The zero-order valence-corrected chi connectivity index (χ0v) is 10.7. The van der Waals surface area contributed by atoms with Gasteiger partial charge in [0.1, 0.15) is 5.69 Å². The molecule has 0 unspecified atom stereocenters. The van der Waals surface area contributed by atoms with Crippen molar-refractivity contribution in [3.05, 3.63) is 18.0 Å². The Morgan fingerprint density at radius 2 is 2.28 bits per heavy atom. The first-order valence-corrected chi connectivity index (χ1v) is 6.12. The van der Waals surface area contributed by atoms with Gasteiger partial charge in [-0.1, -0.05) is 0 Å². The Hall–Kier alpha value is -1.85. The Balaban J connectivity index is 2.05. The van der Waals surface area contributed by atoms with Gasteiger partial charge in [0.05, 0.1) is 5.92 Å². The number of likely N-dealkylation sites (tertiary alicyclic amines) is 1. The Labute approximate surface area is 106 Å². The molecule has 0 bridgehead atoms. The van der Waals surface area contributed by atoms with E-state index in [1.807, 2.05) is 0 Å². The van der Waals surface area contributed by atoms with Gasteiger partial charge in [0.25, 0.3) is 5.91 Å². The number of hydrogen-bond donors (Lipinski definition) is 1. The lowest BCUT2D eigenvalue weighted by Gasteiger charge is -2.31. The van der Waals surface area contributed by atoms with E-state index in [2.05, 4.69) is 10.4 Å². The predicted molar refractivity (Wildman–Crippen MR) is 65.9 cm³/mol. The number of nitrogens with one attached hydrogen (secondary N) is 1. The third-order valence-electron chi connectivity index (χ3n) is 3.26. The highest BCUT2D eigenvalue weighted by Crippen LogP contribution is 2.18. The number of carbonyl (C=O) groups excluding carboxylic acids is 2. The first-order chi connectivity index (χ1) is 8.61. The molecule has 1 aliphatic heterocycles. The number of rotatable bonds is 2. The molecule has 0 aromatic carbocycles. The third-order valence-corrected chi connectivity index (χ3v) is 3.26. The van der Waals surface area contributed by atoms with Gasteiger partial charge in [0.2, 0.25) is 5.91 Å². The molecule has 1 aromatic rings. The number of aromatic nitrogens is 2. The van der Waals surface area contributed by atoms with Crippen molar-refractivity contribution in [3.8, 4) is 0 Å². The second-order valence-corrected chi connectivity index (χ2v) is 4.58. The minimum Gasteiger partial charge on any atom is -0.359 e. The third kappa shape index (κ3) is 2.52. The topological polar surface area (TPSA) is 67.2 Å². The molecule has 18 heavy (non-hydrogen) atoms. The molecule has 2 amide bonds. The standard InChI is InChI=1S/C12H18N4O2/c1-13-11(17)9-4-3-6-16(8-9)12(18)10-5-7-15(2)14-10/h5,7,9H,3-4,6,8H2,1-2H3,(H,13,17)/t9-/m1/s1. The van der Waals surface area contributed by atoms with Crippen molar-refractivity contribution in [2.45, 2.75) is 12.8 Å². The van der Waals surface area contributed by atoms with Crippen LogP contribution in [0.2, 0.25) is 0 Å². The number of aryl methyl sites for hydroxylation is 1. The van der Waals surface area contributed by atoms with Gasteiger partial charge >= 0.3 is 0 Å². The molecule has 0 aliphatic carbocycles. The van der Waals surface area contributed by atoms with Crippen molar-refractivity contribution in [1.29, 1.82) is 0 Å². The van der Waals surface area contributed by atoms with E-state index in [0.717, 1.165) is 12.8 Å². The predicted octanol–water partition coefficient (Wildman–Crippen LogP) is 0.0183. The summed E-state index contributed by atoms with van der Waals surface area (Å²) >= 11 is 0. The van der Waals surface area contributed by atoms with Crippen LogP contribution in [-0.2, 0) is 11.8 Å². The zero-order valence-electron chi connectivity index (χ0n) is 10.7. The van der Waals surface area contributed by atoms with Gasteiger partial charge in [0.15, 0.2) is 0 Å². The van der Waals surface area contributed by atoms with Crippen LogP contribution in [0.25, 0.3) is 0 Å². The van der Waals surface area contributed by atoms with Crippen molar-refractivity contribution in [1.82, 2.24) is 20.0 Å². The number of nitrogens with zero attached hydrogens (tertiary/aromatic N) is 3. The second-order valence-electron chi connectivity index (χ2n) is 4.58. The summed E-state index contributed by atoms with van der Waals surface area (Å²) in [6.45, 7) is 1.18. The molecular formula is C12H18N4O2. The highest BCUT2D eigenvalue weighted by Gasteiger charge is 2.29. The quantitative estimate of drug-likeness (QED) is 0.804. The smallest absolute Gasteiger partial charge is 0.274 e. The van der Waals surface area contributed by atoms with E-state index in [4.69, 9.17) is 0 Å². The summed E-state index contributed by atoms with van der Waals surface area (Å²) in [5.41, 5.74) is 0.440. The largest absolute Gasteiger partial charge is 0.359 e. The van der Waals surface area contributed by atoms with Crippen LogP contribution in [0.3, 0.4) is 0 Å². The van der Waals surface area contributed by atoms with Crippen LogP contribution in [0, 0.1) is 5.92 Å². The molecule has 1 saturated heterocycles. The molecule has 2 rings (SSSR count). The number of carbonyl (C=O) groups is 2. The fourth-order valence-corrected chi connectivity index (χ4v) is 2.27. The van der Waals surface area contributed by atoms with Gasteiger partial charge in [-0.05, 0) is 18.9 Å². The molecule has 1 N–H and O–H groups in total. The maximum absolute atomic E-state index is 12.2. The van der Waals surface area contributed by atoms with E-state index in [1.54, 1.807) is 35.9 Å². The van der Waals surface area contributed by atoms with E-state index in [0.29, 0.717) is 18.8 Å². The summed E-state index contributed by atoms with van der Waals surface area (Å²) in [6.07, 6.45) is 3.44. The molecule has 1 fully saturated rings. The summed E-state index contributed by atoms with van der Waals surface area (Å²) in [4.78, 5) is 25.5. The van der Waals surface area contributed by atoms with E-state index in [-0.39, 0.29) is 17.7 Å². The first-order valence-electron chi connectivity index (χ1n) is 6.12. The van der Waals surface area contributed by atoms with Crippen molar-refractivity contribution in [2.24, 2.45) is 13.0 Å². The number of hydrogen-bond acceptors (Lipinski definition) is 3. The molecule has 6 heteroatoms. The molecular weight excluding hydrogens is 232 g/mol. The van der Waals surface area contributed by atoms with Gasteiger partial charge in [-0.3, -0.25) is 14.3 Å². The maximum Gasteiger partial charge on any atom is 0.274 e. The van der Waals surface area contributed by atoms with E-state index < -0.39 is 0 Å². The molecule has 0 spiro atoms. The Morgan fingerprint density at radius 3 is 2.89 bits per heavy atom. The van der Waals surface area contributed by atoms with E-state index in [9.17, 15) is 9.59 Å². The summed E-state index contributed by atoms with van der Waals surface area (Å²) in [5, 5.41) is 6.74. The highest BCUT2D eigenvalue weighted by atomic mass is 16.2. The first kappa shape index (κ1) is 12.6. The monoisotopic (exact) mass is 250 g/mol. The lowest BCUT2D eigenvalue weighted by atomic mass is 9.97. The fraction of sp³-hybridized carbons (Fsp3) is 0.583. The van der Waals surface area contributed by atoms with Gasteiger partial charge in [-0.2, -0.15) is 5.10 Å². The number of amides is 2. The molecule has 0 radical (unpaired) electrons. The minimum absolute atomic E-state index is 0.00789. The summed E-state index contributed by atoms with van der Waals surface area (Å²) < 4.78 is 1.60.